The molecular formula is C16H13ClF3NO3S. The van der Waals surface area contributed by atoms with Crippen LogP contribution in [0.4, 0.5) is 13.2 Å². The molecule has 2 atom stereocenters. The molecule has 1 aliphatic carbocycles. The lowest BCUT2D eigenvalue weighted by Gasteiger charge is -2.10. The first-order chi connectivity index (χ1) is 11.6. The molecular weight excluding hydrogens is 379 g/mol. The SMILES string of the molecule is O=S(=O)(N[C@@H]1C[C@H]1c1ccc(Cl)cc1)c1ccc(OC(F)(F)F)cc1. The van der Waals surface area contributed by atoms with Gasteiger partial charge >= 0.3 is 6.36 Å². The zero-order chi connectivity index (χ0) is 18.2. The molecule has 2 aromatic carbocycles. The Bertz CT molecular complexity index is 852. The van der Waals surface area contributed by atoms with Crippen LogP contribution in [0.25, 0.3) is 0 Å². The summed E-state index contributed by atoms with van der Waals surface area (Å²) < 4.78 is 67.3. The summed E-state index contributed by atoms with van der Waals surface area (Å²) in [7, 11) is -3.82. The molecule has 0 bridgehead atoms. The lowest BCUT2D eigenvalue weighted by atomic mass is 10.1. The van der Waals surface area contributed by atoms with E-state index in [1.165, 1.54) is 0 Å². The van der Waals surface area contributed by atoms with Gasteiger partial charge in [0.05, 0.1) is 4.90 Å². The van der Waals surface area contributed by atoms with Gasteiger partial charge in [-0.2, -0.15) is 0 Å². The maximum absolute atomic E-state index is 12.3. The second-order valence-electron chi connectivity index (χ2n) is 5.64. The second-order valence-corrected chi connectivity index (χ2v) is 7.79. The van der Waals surface area contributed by atoms with Crippen LogP contribution in [-0.4, -0.2) is 20.8 Å². The fraction of sp³-hybridized carbons (Fsp3) is 0.250. The van der Waals surface area contributed by atoms with Crippen molar-refractivity contribution in [2.45, 2.75) is 29.6 Å². The Morgan fingerprint density at radius 2 is 1.64 bits per heavy atom. The number of hydrogen-bond donors (Lipinski definition) is 1. The molecule has 134 valence electrons. The fourth-order valence-corrected chi connectivity index (χ4v) is 3.91. The van der Waals surface area contributed by atoms with E-state index in [4.69, 9.17) is 11.6 Å². The third kappa shape index (κ3) is 4.65. The first-order valence-electron chi connectivity index (χ1n) is 7.28. The van der Waals surface area contributed by atoms with Crippen LogP contribution in [0.3, 0.4) is 0 Å². The van der Waals surface area contributed by atoms with Crippen molar-refractivity contribution >= 4 is 21.6 Å². The van der Waals surface area contributed by atoms with Crippen molar-refractivity contribution in [1.29, 1.82) is 0 Å². The molecule has 0 aromatic heterocycles. The van der Waals surface area contributed by atoms with Gasteiger partial charge < -0.3 is 4.74 Å². The van der Waals surface area contributed by atoms with Gasteiger partial charge in [0.1, 0.15) is 5.75 Å². The standard InChI is InChI=1S/C16H13ClF3NO3S/c17-11-3-1-10(2-4-11)14-9-15(14)21-25(22,23)13-7-5-12(6-8-13)24-16(18,19)20/h1-8,14-15,21H,9H2/t14-,15+/m0/s1. The van der Waals surface area contributed by atoms with Crippen molar-refractivity contribution in [2.75, 3.05) is 0 Å². The minimum Gasteiger partial charge on any atom is -0.406 e. The highest BCUT2D eigenvalue weighted by Gasteiger charge is 2.41. The molecule has 25 heavy (non-hydrogen) atoms. The number of nitrogens with one attached hydrogen (secondary N) is 1. The highest BCUT2D eigenvalue weighted by Crippen LogP contribution is 2.41. The van der Waals surface area contributed by atoms with Gasteiger partial charge in [0.25, 0.3) is 0 Å². The van der Waals surface area contributed by atoms with E-state index in [2.05, 4.69) is 9.46 Å². The van der Waals surface area contributed by atoms with E-state index in [0.29, 0.717) is 11.4 Å². The van der Waals surface area contributed by atoms with Gasteiger partial charge in [-0.1, -0.05) is 23.7 Å². The number of sulfonamides is 1. The van der Waals surface area contributed by atoms with E-state index in [-0.39, 0.29) is 16.9 Å². The first kappa shape index (κ1) is 18.0. The van der Waals surface area contributed by atoms with Gasteiger partial charge in [-0.25, -0.2) is 13.1 Å². The third-order valence-corrected chi connectivity index (χ3v) is 5.52. The molecule has 0 heterocycles. The summed E-state index contributed by atoms with van der Waals surface area (Å²) in [6.45, 7) is 0. The number of ether oxygens (including phenoxy) is 1. The topological polar surface area (TPSA) is 55.4 Å². The van der Waals surface area contributed by atoms with Crippen LogP contribution in [-0.2, 0) is 10.0 Å². The Morgan fingerprint density at radius 3 is 2.20 bits per heavy atom. The molecule has 0 saturated heterocycles. The van der Waals surface area contributed by atoms with E-state index >= 15 is 0 Å². The largest absolute Gasteiger partial charge is 0.573 e. The maximum Gasteiger partial charge on any atom is 0.573 e. The fourth-order valence-electron chi connectivity index (χ4n) is 2.49. The monoisotopic (exact) mass is 391 g/mol. The Balaban J connectivity index is 1.65. The quantitative estimate of drug-likeness (QED) is 0.835. The maximum atomic E-state index is 12.3. The molecule has 0 unspecified atom stereocenters. The molecule has 3 rings (SSSR count). The minimum atomic E-state index is -4.82. The summed E-state index contributed by atoms with van der Waals surface area (Å²) in [5, 5.41) is 0.600. The molecule has 0 radical (unpaired) electrons. The van der Waals surface area contributed by atoms with Crippen molar-refractivity contribution in [3.05, 3.63) is 59.1 Å². The van der Waals surface area contributed by atoms with Crippen LogP contribution in [0.2, 0.25) is 5.02 Å². The number of rotatable bonds is 5. The highest BCUT2D eigenvalue weighted by atomic mass is 35.5. The number of halogens is 4. The van der Waals surface area contributed by atoms with E-state index in [0.717, 1.165) is 29.8 Å². The smallest absolute Gasteiger partial charge is 0.406 e. The average Bonchev–Trinajstić information content (AvgIpc) is 3.25. The van der Waals surface area contributed by atoms with Gasteiger partial charge in [0.15, 0.2) is 0 Å². The molecule has 9 heteroatoms. The summed E-state index contributed by atoms with van der Waals surface area (Å²) in [5.74, 6) is -0.420. The Kier molecular flexibility index (Phi) is 4.70. The molecule has 1 aliphatic rings. The molecule has 0 amide bonds. The number of alkyl halides is 3. The summed E-state index contributed by atoms with van der Waals surface area (Å²) in [6, 6.07) is 11.0. The zero-order valence-electron chi connectivity index (χ0n) is 12.6. The van der Waals surface area contributed by atoms with Gasteiger partial charge in [-0.3, -0.25) is 0 Å². The van der Waals surface area contributed by atoms with Crippen molar-refractivity contribution in [3.8, 4) is 5.75 Å². The van der Waals surface area contributed by atoms with Gasteiger partial charge in [-0.15, -0.1) is 13.2 Å². The second kappa shape index (κ2) is 6.51. The molecule has 1 saturated carbocycles. The molecule has 1 fully saturated rings. The number of benzene rings is 2. The molecule has 1 N–H and O–H groups in total. The molecule has 0 aliphatic heterocycles. The highest BCUT2D eigenvalue weighted by molar-refractivity contribution is 7.89. The zero-order valence-corrected chi connectivity index (χ0v) is 14.2. The normalized spacial score (nSPS) is 20.3. The Morgan fingerprint density at radius 1 is 1.04 bits per heavy atom. The summed E-state index contributed by atoms with van der Waals surface area (Å²) >= 11 is 5.82. The van der Waals surface area contributed by atoms with Crippen LogP contribution in [0.1, 0.15) is 17.9 Å². The first-order valence-corrected chi connectivity index (χ1v) is 9.14. The lowest BCUT2D eigenvalue weighted by Crippen LogP contribution is -2.26. The van der Waals surface area contributed by atoms with Crippen molar-refractivity contribution < 1.29 is 26.3 Å². The Labute approximate surface area is 147 Å². The van der Waals surface area contributed by atoms with E-state index < -0.39 is 22.1 Å². The molecule has 0 spiro atoms. The molecule has 2 aromatic rings. The van der Waals surface area contributed by atoms with Gasteiger partial charge in [0.2, 0.25) is 10.0 Å². The summed E-state index contributed by atoms with van der Waals surface area (Å²) in [5.41, 5.74) is 0.978. The van der Waals surface area contributed by atoms with Gasteiger partial charge in [-0.05, 0) is 48.4 Å². The van der Waals surface area contributed by atoms with Crippen LogP contribution in [0.15, 0.2) is 53.4 Å². The third-order valence-electron chi connectivity index (χ3n) is 3.76. The van der Waals surface area contributed by atoms with Crippen LogP contribution < -0.4 is 9.46 Å². The van der Waals surface area contributed by atoms with Crippen molar-refractivity contribution in [3.63, 3.8) is 0 Å². The van der Waals surface area contributed by atoms with Gasteiger partial charge in [0, 0.05) is 17.0 Å². The Hall–Kier alpha value is -1.77. The lowest BCUT2D eigenvalue weighted by molar-refractivity contribution is -0.274. The summed E-state index contributed by atoms with van der Waals surface area (Å²) in [4.78, 5) is -0.121. The number of hydrogen-bond acceptors (Lipinski definition) is 3. The predicted octanol–water partition coefficient (Wildman–Crippen LogP) is 4.07. The average molecular weight is 392 g/mol. The van der Waals surface area contributed by atoms with Crippen LogP contribution in [0, 0.1) is 0 Å². The van der Waals surface area contributed by atoms with Crippen LogP contribution in [0.5, 0.6) is 5.75 Å². The minimum absolute atomic E-state index is 0.0554. The van der Waals surface area contributed by atoms with E-state index in [1.54, 1.807) is 12.1 Å². The molecule has 4 nitrogen and oxygen atoms in total. The van der Waals surface area contributed by atoms with E-state index in [1.807, 2.05) is 12.1 Å². The van der Waals surface area contributed by atoms with E-state index in [9.17, 15) is 21.6 Å². The summed E-state index contributed by atoms with van der Waals surface area (Å²) in [6.07, 6.45) is -4.17. The predicted molar refractivity (Wildman–Crippen MR) is 86.0 cm³/mol. The van der Waals surface area contributed by atoms with Crippen LogP contribution >= 0.6 is 11.6 Å². The van der Waals surface area contributed by atoms with Crippen molar-refractivity contribution in [1.82, 2.24) is 4.72 Å². The van der Waals surface area contributed by atoms with Crippen molar-refractivity contribution in [2.24, 2.45) is 0 Å².